The van der Waals surface area contributed by atoms with Crippen molar-refractivity contribution in [1.82, 2.24) is 19.8 Å². The lowest BCUT2D eigenvalue weighted by Gasteiger charge is -2.19. The number of amides is 1. The van der Waals surface area contributed by atoms with Gasteiger partial charge in [-0.1, -0.05) is 30.3 Å². The number of hydrogen-bond acceptors (Lipinski definition) is 5. The quantitative estimate of drug-likeness (QED) is 0.739. The SMILES string of the molecule is Cc1nn2cnnc2c(N[C@@H](Cc2ccccc2)C(N)=O)c1C. The minimum atomic E-state index is -0.543. The van der Waals surface area contributed by atoms with Crippen molar-refractivity contribution in [2.24, 2.45) is 5.73 Å². The molecule has 2 aromatic heterocycles. The van der Waals surface area contributed by atoms with Crippen LogP contribution in [0.15, 0.2) is 36.7 Å². The highest BCUT2D eigenvalue weighted by Crippen LogP contribution is 2.23. The molecular formula is C16H18N6O. The van der Waals surface area contributed by atoms with Gasteiger partial charge in [-0.2, -0.15) is 9.61 Å². The number of aromatic nitrogens is 4. The van der Waals surface area contributed by atoms with Gasteiger partial charge in [0.05, 0.1) is 11.4 Å². The summed E-state index contributed by atoms with van der Waals surface area (Å²) in [5, 5.41) is 15.5. The Morgan fingerprint density at radius 2 is 2.04 bits per heavy atom. The predicted octanol–water partition coefficient (Wildman–Crippen LogP) is 1.25. The maximum atomic E-state index is 11.9. The highest BCUT2D eigenvalue weighted by atomic mass is 16.1. The van der Waals surface area contributed by atoms with Gasteiger partial charge in [0.15, 0.2) is 0 Å². The molecule has 0 spiro atoms. The first kappa shape index (κ1) is 15.0. The number of anilines is 1. The molecule has 0 fully saturated rings. The average molecular weight is 310 g/mol. The lowest BCUT2D eigenvalue weighted by atomic mass is 10.0. The zero-order valence-corrected chi connectivity index (χ0v) is 13.0. The summed E-state index contributed by atoms with van der Waals surface area (Å²) in [6, 6.07) is 9.20. The van der Waals surface area contributed by atoms with Crippen LogP contribution >= 0.6 is 0 Å². The second-order valence-electron chi connectivity index (χ2n) is 5.47. The van der Waals surface area contributed by atoms with E-state index in [1.165, 1.54) is 6.33 Å². The molecule has 118 valence electrons. The number of rotatable bonds is 5. The third-order valence-electron chi connectivity index (χ3n) is 3.87. The first-order chi connectivity index (χ1) is 11.1. The smallest absolute Gasteiger partial charge is 0.240 e. The van der Waals surface area contributed by atoms with E-state index in [4.69, 9.17) is 5.73 Å². The van der Waals surface area contributed by atoms with Crippen LogP contribution < -0.4 is 11.1 Å². The summed E-state index contributed by atoms with van der Waals surface area (Å²) in [5.74, 6) is -0.416. The van der Waals surface area contributed by atoms with Gasteiger partial charge < -0.3 is 11.1 Å². The number of aryl methyl sites for hydroxylation is 1. The highest BCUT2D eigenvalue weighted by molar-refractivity contribution is 5.85. The molecule has 23 heavy (non-hydrogen) atoms. The first-order valence-corrected chi connectivity index (χ1v) is 7.33. The molecule has 7 heteroatoms. The second kappa shape index (κ2) is 6.04. The van der Waals surface area contributed by atoms with Crippen LogP contribution in [0.2, 0.25) is 0 Å². The van der Waals surface area contributed by atoms with Gasteiger partial charge in [-0.05, 0) is 25.0 Å². The summed E-state index contributed by atoms with van der Waals surface area (Å²) < 4.78 is 1.59. The lowest BCUT2D eigenvalue weighted by Crippen LogP contribution is -2.37. The number of nitrogens with one attached hydrogen (secondary N) is 1. The molecule has 3 rings (SSSR count). The monoisotopic (exact) mass is 310 g/mol. The molecule has 0 aliphatic heterocycles. The van der Waals surface area contributed by atoms with Gasteiger partial charge in [0, 0.05) is 6.42 Å². The number of nitrogens with two attached hydrogens (primary N) is 1. The molecule has 1 amide bonds. The van der Waals surface area contributed by atoms with Crippen molar-refractivity contribution < 1.29 is 4.79 Å². The third-order valence-corrected chi connectivity index (χ3v) is 3.87. The fourth-order valence-corrected chi connectivity index (χ4v) is 2.47. The standard InChI is InChI=1S/C16H18N6O/c1-10-11(2)21-22-9-18-20-16(22)14(10)19-13(15(17)23)8-12-6-4-3-5-7-12/h3-7,9,13,19H,8H2,1-2H3,(H2,17,23)/t13-/m0/s1. The zero-order valence-electron chi connectivity index (χ0n) is 13.0. The van der Waals surface area contributed by atoms with Crippen LogP contribution in [0, 0.1) is 13.8 Å². The normalized spacial score (nSPS) is 12.3. The van der Waals surface area contributed by atoms with Gasteiger partial charge in [0.1, 0.15) is 12.4 Å². The molecule has 7 nitrogen and oxygen atoms in total. The van der Waals surface area contributed by atoms with E-state index in [1.54, 1.807) is 4.52 Å². The number of hydrogen-bond donors (Lipinski definition) is 2. The molecular weight excluding hydrogens is 292 g/mol. The van der Waals surface area contributed by atoms with Crippen LogP contribution in [-0.2, 0) is 11.2 Å². The van der Waals surface area contributed by atoms with E-state index in [0.717, 1.165) is 22.5 Å². The number of carbonyl (C=O) groups excluding carboxylic acids is 1. The Bertz CT molecular complexity index is 842. The first-order valence-electron chi connectivity index (χ1n) is 7.33. The van der Waals surface area contributed by atoms with Gasteiger partial charge in [-0.15, -0.1) is 10.2 Å². The highest BCUT2D eigenvalue weighted by Gasteiger charge is 2.20. The topological polar surface area (TPSA) is 98.2 Å². The molecule has 0 bridgehead atoms. The fourth-order valence-electron chi connectivity index (χ4n) is 2.47. The summed E-state index contributed by atoms with van der Waals surface area (Å²) in [7, 11) is 0. The number of nitrogens with zero attached hydrogens (tertiary/aromatic N) is 4. The molecule has 0 unspecified atom stereocenters. The Morgan fingerprint density at radius 3 is 2.74 bits per heavy atom. The summed E-state index contributed by atoms with van der Waals surface area (Å²) in [6.07, 6.45) is 2.03. The number of fused-ring (bicyclic) bond motifs is 1. The summed E-state index contributed by atoms with van der Waals surface area (Å²) >= 11 is 0. The van der Waals surface area contributed by atoms with Crippen molar-refractivity contribution in [3.8, 4) is 0 Å². The fraction of sp³-hybridized carbons (Fsp3) is 0.250. The summed E-state index contributed by atoms with van der Waals surface area (Å²) in [6.45, 7) is 3.83. The molecule has 2 heterocycles. The Hall–Kier alpha value is -2.96. The molecule has 3 N–H and O–H groups in total. The Morgan fingerprint density at radius 1 is 1.30 bits per heavy atom. The van der Waals surface area contributed by atoms with Crippen LogP contribution in [-0.4, -0.2) is 31.8 Å². The van der Waals surface area contributed by atoms with Gasteiger partial charge in [-0.3, -0.25) is 4.79 Å². The van der Waals surface area contributed by atoms with Crippen molar-refractivity contribution in [3.05, 3.63) is 53.5 Å². The molecule has 0 aliphatic carbocycles. The van der Waals surface area contributed by atoms with Crippen LogP contribution in [0.5, 0.6) is 0 Å². The number of benzene rings is 1. The Labute approximate surface area is 133 Å². The zero-order chi connectivity index (χ0) is 16.4. The Kier molecular flexibility index (Phi) is 3.92. The van der Waals surface area contributed by atoms with E-state index in [2.05, 4.69) is 20.6 Å². The number of carbonyl (C=O) groups is 1. The summed E-state index contributed by atoms with van der Waals surface area (Å²) in [4.78, 5) is 11.9. The molecule has 1 aromatic carbocycles. The van der Waals surface area contributed by atoms with Gasteiger partial charge in [-0.25, -0.2) is 0 Å². The summed E-state index contributed by atoms with van der Waals surface area (Å²) in [5.41, 5.74) is 9.68. The van der Waals surface area contributed by atoms with E-state index in [-0.39, 0.29) is 0 Å². The minimum Gasteiger partial charge on any atom is -0.370 e. The molecule has 1 atom stereocenters. The van der Waals surface area contributed by atoms with Crippen molar-refractivity contribution in [1.29, 1.82) is 0 Å². The maximum absolute atomic E-state index is 11.9. The maximum Gasteiger partial charge on any atom is 0.240 e. The molecule has 0 radical (unpaired) electrons. The van der Waals surface area contributed by atoms with E-state index < -0.39 is 11.9 Å². The number of primary amides is 1. The van der Waals surface area contributed by atoms with Gasteiger partial charge >= 0.3 is 0 Å². The molecule has 0 aliphatic rings. The van der Waals surface area contributed by atoms with Gasteiger partial charge in [0.25, 0.3) is 0 Å². The average Bonchev–Trinajstić information content (AvgIpc) is 2.99. The van der Waals surface area contributed by atoms with Crippen LogP contribution in [0.25, 0.3) is 5.65 Å². The molecule has 0 saturated carbocycles. The lowest BCUT2D eigenvalue weighted by molar-refractivity contribution is -0.118. The largest absolute Gasteiger partial charge is 0.370 e. The molecule has 3 aromatic rings. The molecule has 0 saturated heterocycles. The van der Waals surface area contributed by atoms with Crippen LogP contribution in [0.3, 0.4) is 0 Å². The third kappa shape index (κ3) is 2.98. The minimum absolute atomic E-state index is 0.416. The van der Waals surface area contributed by atoms with E-state index >= 15 is 0 Å². The van der Waals surface area contributed by atoms with E-state index in [1.807, 2.05) is 44.2 Å². The van der Waals surface area contributed by atoms with Crippen LogP contribution in [0.4, 0.5) is 5.69 Å². The van der Waals surface area contributed by atoms with Crippen molar-refractivity contribution in [2.45, 2.75) is 26.3 Å². The van der Waals surface area contributed by atoms with E-state index in [9.17, 15) is 4.79 Å². The van der Waals surface area contributed by atoms with E-state index in [0.29, 0.717) is 12.1 Å². The Balaban J connectivity index is 1.96. The second-order valence-corrected chi connectivity index (χ2v) is 5.47. The van der Waals surface area contributed by atoms with Crippen molar-refractivity contribution in [3.63, 3.8) is 0 Å². The van der Waals surface area contributed by atoms with Crippen molar-refractivity contribution >= 4 is 17.2 Å². The van der Waals surface area contributed by atoms with Crippen molar-refractivity contribution in [2.75, 3.05) is 5.32 Å². The van der Waals surface area contributed by atoms with Gasteiger partial charge in [0.2, 0.25) is 11.6 Å². The van der Waals surface area contributed by atoms with Crippen LogP contribution in [0.1, 0.15) is 16.8 Å². The predicted molar refractivity (Wildman–Crippen MR) is 87.0 cm³/mol.